The van der Waals surface area contributed by atoms with E-state index in [9.17, 15) is 22.8 Å². The Morgan fingerprint density at radius 3 is 2.76 bits per heavy atom. The zero-order chi connectivity index (χ0) is 18.0. The summed E-state index contributed by atoms with van der Waals surface area (Å²) in [6.07, 6.45) is 0.335. The van der Waals surface area contributed by atoms with Gasteiger partial charge >= 0.3 is 5.97 Å². The van der Waals surface area contributed by atoms with Crippen molar-refractivity contribution in [2.24, 2.45) is 0 Å². The average molecular weight is 365 g/mol. The summed E-state index contributed by atoms with van der Waals surface area (Å²) in [4.78, 5) is 35.6. The van der Waals surface area contributed by atoms with Crippen molar-refractivity contribution in [2.45, 2.75) is 12.5 Å². The van der Waals surface area contributed by atoms with Crippen LogP contribution in [0.4, 0.5) is 0 Å². The van der Waals surface area contributed by atoms with Gasteiger partial charge in [-0.15, -0.1) is 0 Å². The summed E-state index contributed by atoms with van der Waals surface area (Å²) in [7, 11) is -3.11. The molecular formula is C16H15NO7S. The van der Waals surface area contributed by atoms with Crippen LogP contribution in [-0.2, 0) is 19.4 Å². The normalized spacial score (nSPS) is 18.8. The van der Waals surface area contributed by atoms with Crippen LogP contribution in [0.1, 0.15) is 17.0 Å². The highest BCUT2D eigenvalue weighted by atomic mass is 32.2. The molecule has 9 heteroatoms. The average Bonchev–Trinajstić information content (AvgIpc) is 2.91. The van der Waals surface area contributed by atoms with E-state index in [1.54, 1.807) is 24.3 Å². The third-order valence-electron chi connectivity index (χ3n) is 3.77. The molecule has 0 aliphatic carbocycles. The van der Waals surface area contributed by atoms with Crippen molar-refractivity contribution in [1.29, 1.82) is 0 Å². The van der Waals surface area contributed by atoms with Gasteiger partial charge in [0.2, 0.25) is 5.76 Å². The topological polar surface area (TPSA) is 120 Å². The fourth-order valence-electron chi connectivity index (χ4n) is 2.58. The van der Waals surface area contributed by atoms with E-state index in [1.807, 2.05) is 0 Å². The molecule has 1 N–H and O–H groups in total. The summed E-state index contributed by atoms with van der Waals surface area (Å²) in [6.45, 7) is -0.591. The number of nitrogens with one attached hydrogen (secondary N) is 1. The summed E-state index contributed by atoms with van der Waals surface area (Å²) in [5, 5.41) is 2.83. The van der Waals surface area contributed by atoms with Gasteiger partial charge in [0.15, 0.2) is 21.9 Å². The first-order valence-corrected chi connectivity index (χ1v) is 9.36. The fraction of sp³-hybridized carbons (Fsp3) is 0.312. The molecule has 1 fully saturated rings. The Morgan fingerprint density at radius 2 is 2.04 bits per heavy atom. The monoisotopic (exact) mass is 365 g/mol. The van der Waals surface area contributed by atoms with Gasteiger partial charge in [-0.05, 0) is 18.6 Å². The number of carbonyl (C=O) groups is 2. The molecule has 1 amide bonds. The van der Waals surface area contributed by atoms with Gasteiger partial charge in [-0.2, -0.15) is 0 Å². The van der Waals surface area contributed by atoms with Crippen molar-refractivity contribution in [3.05, 3.63) is 46.3 Å². The summed E-state index contributed by atoms with van der Waals surface area (Å²) < 4.78 is 32.8. The lowest BCUT2D eigenvalue weighted by atomic mass is 10.2. The molecule has 1 aliphatic rings. The largest absolute Gasteiger partial charge is 0.450 e. The Balaban J connectivity index is 1.61. The quantitative estimate of drug-likeness (QED) is 0.771. The second-order valence-corrected chi connectivity index (χ2v) is 7.94. The van der Waals surface area contributed by atoms with Crippen LogP contribution in [0.15, 0.2) is 39.5 Å². The van der Waals surface area contributed by atoms with Gasteiger partial charge in [0.1, 0.15) is 5.58 Å². The molecular weight excluding hydrogens is 350 g/mol. The molecule has 0 spiro atoms. The molecule has 8 nitrogen and oxygen atoms in total. The number of rotatable bonds is 4. The number of para-hydroxylation sites is 1. The van der Waals surface area contributed by atoms with E-state index in [1.165, 1.54) is 0 Å². The zero-order valence-corrected chi connectivity index (χ0v) is 13.9. The Bertz CT molecular complexity index is 993. The number of hydrogen-bond donors (Lipinski definition) is 1. The van der Waals surface area contributed by atoms with Crippen LogP contribution < -0.4 is 10.7 Å². The number of benzene rings is 1. The van der Waals surface area contributed by atoms with Gasteiger partial charge < -0.3 is 14.5 Å². The maximum absolute atomic E-state index is 12.0. The van der Waals surface area contributed by atoms with Crippen molar-refractivity contribution in [1.82, 2.24) is 5.32 Å². The van der Waals surface area contributed by atoms with E-state index in [0.29, 0.717) is 11.8 Å². The molecule has 25 heavy (non-hydrogen) atoms. The lowest BCUT2D eigenvalue weighted by molar-refractivity contribution is -0.124. The van der Waals surface area contributed by atoms with E-state index in [0.717, 1.165) is 6.07 Å². The molecule has 0 radical (unpaired) electrons. The van der Waals surface area contributed by atoms with E-state index in [2.05, 4.69) is 5.32 Å². The third kappa shape index (κ3) is 4.05. The minimum Gasteiger partial charge on any atom is -0.450 e. The molecule has 132 valence electrons. The van der Waals surface area contributed by atoms with Crippen LogP contribution in [0.25, 0.3) is 11.0 Å². The van der Waals surface area contributed by atoms with Gasteiger partial charge in [0.05, 0.1) is 16.9 Å². The number of sulfone groups is 1. The number of amides is 1. The molecule has 2 heterocycles. The van der Waals surface area contributed by atoms with Gasteiger partial charge in [-0.25, -0.2) is 13.2 Å². The highest BCUT2D eigenvalue weighted by molar-refractivity contribution is 7.91. The van der Waals surface area contributed by atoms with Crippen LogP contribution >= 0.6 is 0 Å². The molecule has 2 aromatic rings. The number of ether oxygens (including phenoxy) is 1. The Hall–Kier alpha value is -2.68. The Morgan fingerprint density at radius 1 is 1.28 bits per heavy atom. The van der Waals surface area contributed by atoms with Gasteiger partial charge in [-0.3, -0.25) is 9.59 Å². The van der Waals surface area contributed by atoms with Crippen LogP contribution in [0.2, 0.25) is 0 Å². The number of carbonyl (C=O) groups excluding carboxylic acids is 2. The summed E-state index contributed by atoms with van der Waals surface area (Å²) in [6, 6.07) is 6.97. The predicted octanol–water partition coefficient (Wildman–Crippen LogP) is 0.253. The minimum atomic E-state index is -3.11. The van der Waals surface area contributed by atoms with Crippen LogP contribution in [0, 0.1) is 0 Å². The second-order valence-electron chi connectivity index (χ2n) is 5.71. The maximum atomic E-state index is 12.0. The van der Waals surface area contributed by atoms with Crippen LogP contribution in [-0.4, -0.2) is 44.4 Å². The van der Waals surface area contributed by atoms with Gasteiger partial charge in [0.25, 0.3) is 5.91 Å². The summed E-state index contributed by atoms with van der Waals surface area (Å²) >= 11 is 0. The van der Waals surface area contributed by atoms with Crippen LogP contribution in [0.5, 0.6) is 0 Å². The van der Waals surface area contributed by atoms with Crippen LogP contribution in [0.3, 0.4) is 0 Å². The number of fused-ring (bicyclic) bond motifs is 1. The minimum absolute atomic E-state index is 0.0278. The SMILES string of the molecule is O=C(COC(=O)c1cc(=O)c2ccccc2o1)NC1CCS(=O)(=O)C1. The maximum Gasteiger partial charge on any atom is 0.374 e. The molecule has 1 aromatic heterocycles. The van der Waals surface area contributed by atoms with E-state index in [4.69, 9.17) is 9.15 Å². The fourth-order valence-corrected chi connectivity index (χ4v) is 4.26. The van der Waals surface area contributed by atoms with E-state index in [-0.39, 0.29) is 22.8 Å². The van der Waals surface area contributed by atoms with Crippen molar-refractivity contribution in [3.8, 4) is 0 Å². The Kier molecular flexibility index (Phi) is 4.58. The first-order chi connectivity index (χ1) is 11.8. The van der Waals surface area contributed by atoms with Gasteiger partial charge in [-0.1, -0.05) is 12.1 Å². The molecule has 1 aliphatic heterocycles. The van der Waals surface area contributed by atoms with Crippen molar-refractivity contribution < 1.29 is 27.2 Å². The van der Waals surface area contributed by atoms with Crippen molar-refractivity contribution >= 4 is 32.7 Å². The molecule has 1 aromatic carbocycles. The lowest BCUT2D eigenvalue weighted by Crippen LogP contribution is -2.38. The van der Waals surface area contributed by atoms with Gasteiger partial charge in [0, 0.05) is 12.1 Å². The second kappa shape index (κ2) is 6.67. The highest BCUT2D eigenvalue weighted by Gasteiger charge is 2.29. The smallest absolute Gasteiger partial charge is 0.374 e. The van der Waals surface area contributed by atoms with Crippen molar-refractivity contribution in [3.63, 3.8) is 0 Å². The molecule has 1 saturated heterocycles. The summed E-state index contributed by atoms with van der Waals surface area (Å²) in [5.41, 5.74) is -0.156. The lowest BCUT2D eigenvalue weighted by Gasteiger charge is -2.10. The molecule has 1 unspecified atom stereocenters. The molecule has 0 bridgehead atoms. The highest BCUT2D eigenvalue weighted by Crippen LogP contribution is 2.13. The van der Waals surface area contributed by atoms with E-state index >= 15 is 0 Å². The zero-order valence-electron chi connectivity index (χ0n) is 13.1. The molecule has 1 atom stereocenters. The number of esters is 1. The first kappa shape index (κ1) is 17.2. The number of hydrogen-bond acceptors (Lipinski definition) is 7. The van der Waals surface area contributed by atoms with Crippen molar-refractivity contribution in [2.75, 3.05) is 18.1 Å². The third-order valence-corrected chi connectivity index (χ3v) is 5.54. The molecule has 3 rings (SSSR count). The predicted molar refractivity (Wildman–Crippen MR) is 88.0 cm³/mol. The standard InChI is InChI=1S/C16H15NO7S/c18-12-7-14(24-13-4-2-1-3-11(12)13)16(20)23-8-15(19)17-10-5-6-25(21,22)9-10/h1-4,7,10H,5-6,8-9H2,(H,17,19). The summed E-state index contributed by atoms with van der Waals surface area (Å²) in [5.74, 6) is -1.96. The first-order valence-electron chi connectivity index (χ1n) is 7.54. The van der Waals surface area contributed by atoms with E-state index < -0.39 is 39.8 Å². The Labute approximate surface area is 142 Å². The molecule has 0 saturated carbocycles.